The molecule has 2 fully saturated rings. The largest absolute Gasteiger partial charge is 0.373 e. The molecule has 0 spiro atoms. The summed E-state index contributed by atoms with van der Waals surface area (Å²) in [4.78, 5) is 7.31. The van der Waals surface area contributed by atoms with Crippen LogP contribution in [0, 0.1) is 13.8 Å². The molecule has 0 amide bonds. The third kappa shape index (κ3) is 6.60. The molecule has 3 rings (SSSR count). The van der Waals surface area contributed by atoms with Gasteiger partial charge in [-0.05, 0) is 52.6 Å². The van der Waals surface area contributed by atoms with Crippen molar-refractivity contribution in [2.24, 2.45) is 4.99 Å². The number of hydrogen-bond acceptors (Lipinski definition) is 4. The van der Waals surface area contributed by atoms with Gasteiger partial charge in [-0.25, -0.2) is 0 Å². The lowest BCUT2D eigenvalue weighted by molar-refractivity contribution is -0.0432. The molecular weight excluding hydrogens is 455 g/mol. The number of ether oxygens (including phenoxy) is 1. The van der Waals surface area contributed by atoms with Crippen LogP contribution in [0.3, 0.4) is 0 Å². The summed E-state index contributed by atoms with van der Waals surface area (Å²) in [6.45, 7) is 12.7. The van der Waals surface area contributed by atoms with E-state index < -0.39 is 0 Å². The number of nitrogens with one attached hydrogen (secondary N) is 2. The summed E-state index contributed by atoms with van der Waals surface area (Å²) in [6.07, 6.45) is 3.83. The Labute approximate surface area is 180 Å². The van der Waals surface area contributed by atoms with Crippen molar-refractivity contribution in [2.45, 2.75) is 58.7 Å². The Morgan fingerprint density at radius 2 is 2.22 bits per heavy atom. The monoisotopic (exact) mass is 490 g/mol. The minimum atomic E-state index is 0. The fraction of sp³-hybridized carbons (Fsp3) is 0.789. The first-order valence-corrected chi connectivity index (χ1v) is 10.0. The molecule has 0 bridgehead atoms. The van der Waals surface area contributed by atoms with Gasteiger partial charge in [0.2, 0.25) is 0 Å². The molecule has 0 radical (unpaired) electrons. The van der Waals surface area contributed by atoms with E-state index in [0.717, 1.165) is 57.4 Å². The molecule has 0 aromatic carbocycles. The number of guanidine groups is 1. The second-order valence-electron chi connectivity index (χ2n) is 7.40. The molecule has 2 aliphatic heterocycles. The normalized spacial score (nSPS) is 23.0. The van der Waals surface area contributed by atoms with E-state index in [9.17, 15) is 0 Å². The third-order valence-corrected chi connectivity index (χ3v) is 5.20. The summed E-state index contributed by atoms with van der Waals surface area (Å²) in [5, 5.41) is 11.3. The van der Waals surface area contributed by atoms with Crippen molar-refractivity contribution in [1.29, 1.82) is 0 Å². The van der Waals surface area contributed by atoms with Crippen molar-refractivity contribution in [3.63, 3.8) is 0 Å². The van der Waals surface area contributed by atoms with Crippen LogP contribution in [-0.2, 0) is 11.3 Å². The Morgan fingerprint density at radius 3 is 2.96 bits per heavy atom. The Hall–Kier alpha value is -0.870. The van der Waals surface area contributed by atoms with Crippen LogP contribution < -0.4 is 10.6 Å². The summed E-state index contributed by atoms with van der Waals surface area (Å²) in [5.41, 5.74) is 2.30. The first kappa shape index (κ1) is 22.4. The highest BCUT2D eigenvalue weighted by molar-refractivity contribution is 14.0. The van der Waals surface area contributed by atoms with Crippen LogP contribution in [0.2, 0.25) is 0 Å². The van der Waals surface area contributed by atoms with Gasteiger partial charge in [-0.2, -0.15) is 5.10 Å². The minimum Gasteiger partial charge on any atom is -0.373 e. The van der Waals surface area contributed by atoms with Gasteiger partial charge in [-0.1, -0.05) is 0 Å². The van der Waals surface area contributed by atoms with Crippen molar-refractivity contribution in [2.75, 3.05) is 39.3 Å². The summed E-state index contributed by atoms with van der Waals surface area (Å²) < 4.78 is 8.08. The average molecular weight is 490 g/mol. The molecule has 2 aliphatic rings. The molecule has 7 nitrogen and oxygen atoms in total. The zero-order chi connectivity index (χ0) is 18.4. The van der Waals surface area contributed by atoms with Gasteiger partial charge in [0.05, 0.1) is 24.9 Å². The smallest absolute Gasteiger partial charge is 0.191 e. The molecule has 8 heteroatoms. The van der Waals surface area contributed by atoms with Gasteiger partial charge in [0.25, 0.3) is 0 Å². The molecule has 0 aliphatic carbocycles. The zero-order valence-corrected chi connectivity index (χ0v) is 19.2. The Morgan fingerprint density at radius 1 is 1.37 bits per heavy atom. The molecular formula is C19H35IN6O. The number of nitrogens with zero attached hydrogens (tertiary/aromatic N) is 4. The maximum absolute atomic E-state index is 6.00. The Kier molecular flexibility index (Phi) is 9.31. The molecule has 27 heavy (non-hydrogen) atoms. The van der Waals surface area contributed by atoms with E-state index in [1.165, 1.54) is 25.1 Å². The topological polar surface area (TPSA) is 66.7 Å². The standard InChI is InChI=1S/C19H34N6O.HI/c1-4-20-19(21-8-6-10-25-16(3)11-15(2)23-25)22-12-18-13-24-9-5-7-17(24)14-26-18;/h11,17-18H,4-10,12-14H2,1-3H3,(H2,20,21,22);1H. The maximum atomic E-state index is 6.00. The van der Waals surface area contributed by atoms with Crippen LogP contribution in [0.25, 0.3) is 0 Å². The van der Waals surface area contributed by atoms with E-state index in [2.05, 4.69) is 45.2 Å². The highest BCUT2D eigenvalue weighted by Gasteiger charge is 2.31. The highest BCUT2D eigenvalue weighted by Crippen LogP contribution is 2.22. The highest BCUT2D eigenvalue weighted by atomic mass is 127. The summed E-state index contributed by atoms with van der Waals surface area (Å²) >= 11 is 0. The number of aromatic nitrogens is 2. The molecule has 3 heterocycles. The maximum Gasteiger partial charge on any atom is 0.191 e. The lowest BCUT2D eigenvalue weighted by atomic mass is 10.2. The molecule has 1 aromatic heterocycles. The van der Waals surface area contributed by atoms with Gasteiger partial charge in [-0.15, -0.1) is 24.0 Å². The molecule has 0 saturated carbocycles. The van der Waals surface area contributed by atoms with Crippen molar-refractivity contribution in [3.05, 3.63) is 17.5 Å². The summed E-state index contributed by atoms with van der Waals surface area (Å²) in [5.74, 6) is 0.882. The van der Waals surface area contributed by atoms with E-state index >= 15 is 0 Å². The van der Waals surface area contributed by atoms with Gasteiger partial charge < -0.3 is 15.4 Å². The SMILES string of the molecule is CCNC(=NCC1CN2CCCC2CO1)NCCCn1nc(C)cc1C.I. The fourth-order valence-electron chi connectivity index (χ4n) is 3.87. The number of aryl methyl sites for hydroxylation is 3. The van der Waals surface area contributed by atoms with Crippen LogP contribution in [0.5, 0.6) is 0 Å². The molecule has 2 N–H and O–H groups in total. The predicted octanol–water partition coefficient (Wildman–Crippen LogP) is 1.93. The van der Waals surface area contributed by atoms with Crippen LogP contribution in [0.4, 0.5) is 0 Å². The lowest BCUT2D eigenvalue weighted by Crippen LogP contribution is -2.47. The summed E-state index contributed by atoms with van der Waals surface area (Å²) in [6, 6.07) is 2.77. The van der Waals surface area contributed by atoms with Crippen LogP contribution >= 0.6 is 24.0 Å². The van der Waals surface area contributed by atoms with Crippen molar-refractivity contribution in [1.82, 2.24) is 25.3 Å². The second kappa shape index (κ2) is 11.2. The van der Waals surface area contributed by atoms with Gasteiger partial charge in [0.1, 0.15) is 0 Å². The number of morpholine rings is 1. The van der Waals surface area contributed by atoms with E-state index in [4.69, 9.17) is 9.73 Å². The quantitative estimate of drug-likeness (QED) is 0.265. The number of halogens is 1. The number of aliphatic imine (C=N–C) groups is 1. The zero-order valence-electron chi connectivity index (χ0n) is 16.9. The molecule has 2 saturated heterocycles. The first-order valence-electron chi connectivity index (χ1n) is 10.0. The third-order valence-electron chi connectivity index (χ3n) is 5.20. The number of fused-ring (bicyclic) bond motifs is 1. The summed E-state index contributed by atoms with van der Waals surface area (Å²) in [7, 11) is 0. The average Bonchev–Trinajstić information content (AvgIpc) is 3.21. The molecule has 2 unspecified atom stereocenters. The number of hydrogen-bond donors (Lipinski definition) is 2. The number of rotatable bonds is 7. The fourth-order valence-corrected chi connectivity index (χ4v) is 3.87. The van der Waals surface area contributed by atoms with Crippen LogP contribution in [0.15, 0.2) is 11.1 Å². The molecule has 2 atom stereocenters. The molecule has 1 aromatic rings. The second-order valence-corrected chi connectivity index (χ2v) is 7.40. The van der Waals surface area contributed by atoms with E-state index in [0.29, 0.717) is 6.04 Å². The Balaban J connectivity index is 0.00000261. The van der Waals surface area contributed by atoms with Gasteiger partial charge in [0.15, 0.2) is 5.96 Å². The Bertz CT molecular complexity index is 605. The van der Waals surface area contributed by atoms with Crippen LogP contribution in [-0.4, -0.2) is 72.1 Å². The molecule has 154 valence electrons. The van der Waals surface area contributed by atoms with Crippen LogP contribution in [0.1, 0.15) is 37.6 Å². The minimum absolute atomic E-state index is 0. The van der Waals surface area contributed by atoms with E-state index in [1.807, 2.05) is 6.92 Å². The van der Waals surface area contributed by atoms with Gasteiger partial charge in [0, 0.05) is 37.9 Å². The van der Waals surface area contributed by atoms with E-state index in [1.54, 1.807) is 0 Å². The first-order chi connectivity index (χ1) is 12.7. The van der Waals surface area contributed by atoms with E-state index in [-0.39, 0.29) is 30.1 Å². The van der Waals surface area contributed by atoms with Crippen molar-refractivity contribution < 1.29 is 4.74 Å². The van der Waals surface area contributed by atoms with Gasteiger partial charge in [-0.3, -0.25) is 14.6 Å². The van der Waals surface area contributed by atoms with Crippen molar-refractivity contribution in [3.8, 4) is 0 Å². The lowest BCUT2D eigenvalue weighted by Gasteiger charge is -2.34. The van der Waals surface area contributed by atoms with Crippen molar-refractivity contribution >= 4 is 29.9 Å². The predicted molar refractivity (Wildman–Crippen MR) is 120 cm³/mol. The van der Waals surface area contributed by atoms with Gasteiger partial charge >= 0.3 is 0 Å².